The molecule has 0 bridgehead atoms. The molecular weight excluding hydrogens is 328 g/mol. The van der Waals surface area contributed by atoms with Gasteiger partial charge in [0.1, 0.15) is 12.4 Å². The van der Waals surface area contributed by atoms with Crippen LogP contribution < -0.4 is 10.1 Å². The van der Waals surface area contributed by atoms with Gasteiger partial charge in [0, 0.05) is 31.6 Å². The maximum Gasteiger partial charge on any atom is 0.226 e. The Labute approximate surface area is 154 Å². The zero-order valence-electron chi connectivity index (χ0n) is 15.0. The van der Waals surface area contributed by atoms with Crippen LogP contribution in [0.5, 0.6) is 5.75 Å². The average molecular weight is 352 g/mol. The maximum atomic E-state index is 12.1. The smallest absolute Gasteiger partial charge is 0.226 e. The summed E-state index contributed by atoms with van der Waals surface area (Å²) >= 11 is 0. The van der Waals surface area contributed by atoms with Crippen molar-refractivity contribution in [2.75, 3.05) is 11.9 Å². The van der Waals surface area contributed by atoms with Crippen LogP contribution in [0, 0.1) is 0 Å². The van der Waals surface area contributed by atoms with E-state index in [1.54, 1.807) is 11.8 Å². The van der Waals surface area contributed by atoms with Crippen molar-refractivity contribution in [1.29, 1.82) is 0 Å². The molecular formula is C21H24N2O3. The molecule has 2 aromatic rings. The third kappa shape index (κ3) is 5.34. The number of anilines is 1. The lowest BCUT2D eigenvalue weighted by Gasteiger charge is -2.20. The first-order valence-corrected chi connectivity index (χ1v) is 8.95. The number of benzene rings is 2. The molecule has 1 fully saturated rings. The first-order chi connectivity index (χ1) is 12.6. The van der Waals surface area contributed by atoms with Crippen molar-refractivity contribution in [3.63, 3.8) is 0 Å². The van der Waals surface area contributed by atoms with E-state index in [9.17, 15) is 9.59 Å². The summed E-state index contributed by atoms with van der Waals surface area (Å²) < 4.78 is 5.73. The summed E-state index contributed by atoms with van der Waals surface area (Å²) in [5.41, 5.74) is 1.83. The molecule has 0 spiro atoms. The molecule has 26 heavy (non-hydrogen) atoms. The fraction of sp³-hybridized carbons (Fsp3) is 0.333. The van der Waals surface area contributed by atoms with Crippen molar-refractivity contribution >= 4 is 17.5 Å². The molecule has 5 heteroatoms. The van der Waals surface area contributed by atoms with Gasteiger partial charge in [-0.1, -0.05) is 30.3 Å². The lowest BCUT2D eigenvalue weighted by Crippen LogP contribution is -2.33. The van der Waals surface area contributed by atoms with Gasteiger partial charge in [0.15, 0.2) is 0 Å². The lowest BCUT2D eigenvalue weighted by atomic mass is 10.2. The Morgan fingerprint density at radius 1 is 1.08 bits per heavy atom. The van der Waals surface area contributed by atoms with Gasteiger partial charge in [0.05, 0.1) is 0 Å². The summed E-state index contributed by atoms with van der Waals surface area (Å²) in [6.45, 7) is 2.54. The Bertz CT molecular complexity index is 740. The standard InChI is InChI=1S/C21H24N2O3/c1-16(24)23(19-9-10-19)14-13-21(25)22-18-7-11-20(12-8-18)26-15-17-5-3-2-4-6-17/h2-8,11-12,19H,9-10,13-15H2,1H3,(H,22,25). The molecule has 1 aliphatic carbocycles. The second-order valence-electron chi connectivity index (χ2n) is 6.54. The number of carbonyl (C=O) groups excluding carboxylic acids is 2. The van der Waals surface area contributed by atoms with Crippen LogP contribution in [0.15, 0.2) is 54.6 Å². The van der Waals surface area contributed by atoms with E-state index >= 15 is 0 Å². The van der Waals surface area contributed by atoms with E-state index in [0.29, 0.717) is 25.6 Å². The Morgan fingerprint density at radius 3 is 2.38 bits per heavy atom. The van der Waals surface area contributed by atoms with E-state index in [4.69, 9.17) is 4.74 Å². The van der Waals surface area contributed by atoms with Gasteiger partial charge in [-0.15, -0.1) is 0 Å². The highest BCUT2D eigenvalue weighted by Crippen LogP contribution is 2.27. The molecule has 0 heterocycles. The SMILES string of the molecule is CC(=O)N(CCC(=O)Nc1ccc(OCc2ccccc2)cc1)C1CC1. The summed E-state index contributed by atoms with van der Waals surface area (Å²) in [4.78, 5) is 25.5. The van der Waals surface area contributed by atoms with Gasteiger partial charge in [-0.2, -0.15) is 0 Å². The largest absolute Gasteiger partial charge is 0.489 e. The normalized spacial score (nSPS) is 13.1. The molecule has 3 rings (SSSR count). The van der Waals surface area contributed by atoms with E-state index in [1.807, 2.05) is 54.6 Å². The summed E-state index contributed by atoms with van der Waals surface area (Å²) in [6, 6.07) is 17.6. The molecule has 1 saturated carbocycles. The summed E-state index contributed by atoms with van der Waals surface area (Å²) in [7, 11) is 0. The van der Waals surface area contributed by atoms with Gasteiger partial charge in [-0.25, -0.2) is 0 Å². The fourth-order valence-corrected chi connectivity index (χ4v) is 2.80. The Hall–Kier alpha value is -2.82. The molecule has 2 amide bonds. The fourth-order valence-electron chi connectivity index (χ4n) is 2.80. The number of carbonyl (C=O) groups is 2. The minimum Gasteiger partial charge on any atom is -0.489 e. The molecule has 1 N–H and O–H groups in total. The number of hydrogen-bond donors (Lipinski definition) is 1. The van der Waals surface area contributed by atoms with E-state index < -0.39 is 0 Å². The van der Waals surface area contributed by atoms with E-state index in [-0.39, 0.29) is 11.8 Å². The summed E-state index contributed by atoms with van der Waals surface area (Å²) in [5, 5.41) is 2.86. The first kappa shape index (κ1) is 18.0. The zero-order valence-corrected chi connectivity index (χ0v) is 15.0. The van der Waals surface area contributed by atoms with Crippen LogP contribution in [0.1, 0.15) is 31.7 Å². The number of ether oxygens (including phenoxy) is 1. The van der Waals surface area contributed by atoms with Crippen LogP contribution in [0.3, 0.4) is 0 Å². The lowest BCUT2D eigenvalue weighted by molar-refractivity contribution is -0.129. The average Bonchev–Trinajstić information content (AvgIpc) is 3.47. The third-order valence-corrected chi connectivity index (χ3v) is 4.36. The molecule has 0 aliphatic heterocycles. The van der Waals surface area contributed by atoms with Crippen molar-refractivity contribution in [3.05, 3.63) is 60.2 Å². The molecule has 2 aromatic carbocycles. The van der Waals surface area contributed by atoms with Gasteiger partial charge in [0.2, 0.25) is 11.8 Å². The molecule has 0 atom stereocenters. The number of rotatable bonds is 8. The van der Waals surface area contributed by atoms with Crippen LogP contribution in [-0.4, -0.2) is 29.3 Å². The summed E-state index contributed by atoms with van der Waals surface area (Å²) in [6.07, 6.45) is 2.40. The van der Waals surface area contributed by atoms with Crippen LogP contribution in [0.4, 0.5) is 5.69 Å². The molecule has 136 valence electrons. The third-order valence-electron chi connectivity index (χ3n) is 4.36. The number of amides is 2. The minimum atomic E-state index is -0.0881. The topological polar surface area (TPSA) is 58.6 Å². The van der Waals surface area contributed by atoms with Crippen LogP contribution in [0.2, 0.25) is 0 Å². The Balaban J connectivity index is 1.44. The maximum absolute atomic E-state index is 12.1. The summed E-state index contributed by atoms with van der Waals surface area (Å²) in [5.74, 6) is 0.707. The minimum absolute atomic E-state index is 0.0419. The predicted octanol–water partition coefficient (Wildman–Crippen LogP) is 3.61. The zero-order chi connectivity index (χ0) is 18.4. The Kier molecular flexibility index (Phi) is 5.89. The van der Waals surface area contributed by atoms with Crippen molar-refractivity contribution < 1.29 is 14.3 Å². The van der Waals surface area contributed by atoms with E-state index in [0.717, 1.165) is 29.8 Å². The number of nitrogens with zero attached hydrogens (tertiary/aromatic N) is 1. The van der Waals surface area contributed by atoms with Crippen LogP contribution >= 0.6 is 0 Å². The molecule has 0 radical (unpaired) electrons. The van der Waals surface area contributed by atoms with Crippen molar-refractivity contribution in [2.24, 2.45) is 0 Å². The molecule has 5 nitrogen and oxygen atoms in total. The highest BCUT2D eigenvalue weighted by atomic mass is 16.5. The van der Waals surface area contributed by atoms with Crippen molar-refractivity contribution in [1.82, 2.24) is 4.90 Å². The highest BCUT2D eigenvalue weighted by molar-refractivity contribution is 5.91. The molecule has 0 unspecified atom stereocenters. The number of nitrogens with one attached hydrogen (secondary N) is 1. The van der Waals surface area contributed by atoms with Gasteiger partial charge in [-0.05, 0) is 42.7 Å². The van der Waals surface area contributed by atoms with Crippen LogP contribution in [0.25, 0.3) is 0 Å². The van der Waals surface area contributed by atoms with Gasteiger partial charge >= 0.3 is 0 Å². The molecule has 1 aliphatic rings. The molecule has 0 aromatic heterocycles. The monoisotopic (exact) mass is 352 g/mol. The second-order valence-corrected chi connectivity index (χ2v) is 6.54. The highest BCUT2D eigenvalue weighted by Gasteiger charge is 2.30. The first-order valence-electron chi connectivity index (χ1n) is 8.95. The van der Waals surface area contributed by atoms with Gasteiger partial charge < -0.3 is 15.0 Å². The predicted molar refractivity (Wildman–Crippen MR) is 101 cm³/mol. The van der Waals surface area contributed by atoms with Gasteiger partial charge in [-0.3, -0.25) is 9.59 Å². The van der Waals surface area contributed by atoms with Crippen molar-refractivity contribution in [2.45, 2.75) is 38.8 Å². The van der Waals surface area contributed by atoms with Gasteiger partial charge in [0.25, 0.3) is 0 Å². The quantitative estimate of drug-likeness (QED) is 0.790. The number of hydrogen-bond acceptors (Lipinski definition) is 3. The van der Waals surface area contributed by atoms with Crippen LogP contribution in [-0.2, 0) is 16.2 Å². The Morgan fingerprint density at radius 2 is 1.77 bits per heavy atom. The van der Waals surface area contributed by atoms with E-state index in [2.05, 4.69) is 5.32 Å². The second kappa shape index (κ2) is 8.52. The molecule has 0 saturated heterocycles. The van der Waals surface area contributed by atoms with E-state index in [1.165, 1.54) is 0 Å². The van der Waals surface area contributed by atoms with Crippen molar-refractivity contribution in [3.8, 4) is 5.75 Å².